The van der Waals surface area contributed by atoms with E-state index in [-0.39, 0.29) is 11.9 Å². The zero-order valence-electron chi connectivity index (χ0n) is 16.6. The molecule has 4 rings (SSSR count). The molecule has 27 heavy (non-hydrogen) atoms. The van der Waals surface area contributed by atoms with Crippen LogP contribution in [0.5, 0.6) is 0 Å². The zero-order valence-corrected chi connectivity index (χ0v) is 16.6. The highest BCUT2D eigenvalue weighted by atomic mass is 16.8. The monoisotopic (exact) mass is 376 g/mol. The fourth-order valence-corrected chi connectivity index (χ4v) is 4.10. The van der Waals surface area contributed by atoms with Gasteiger partial charge in [0.1, 0.15) is 18.3 Å². The van der Waals surface area contributed by atoms with Crippen LogP contribution in [0.15, 0.2) is 30.3 Å². The third kappa shape index (κ3) is 3.34. The molecule has 1 spiro atoms. The molecule has 5 atom stereocenters. The average molecular weight is 376 g/mol. The second-order valence-corrected chi connectivity index (χ2v) is 8.94. The summed E-state index contributed by atoms with van der Waals surface area (Å²) in [6, 6.07) is 9.85. The molecule has 1 saturated carbocycles. The molecule has 3 aliphatic rings. The molecule has 1 aromatic carbocycles. The van der Waals surface area contributed by atoms with Crippen LogP contribution in [0, 0.1) is 0 Å². The van der Waals surface area contributed by atoms with Crippen molar-refractivity contribution < 1.29 is 28.5 Å². The van der Waals surface area contributed by atoms with Crippen molar-refractivity contribution in [2.24, 2.45) is 0 Å². The normalized spacial score (nSPS) is 37.4. The van der Waals surface area contributed by atoms with Gasteiger partial charge in [0.05, 0.1) is 12.2 Å². The van der Waals surface area contributed by atoms with Crippen molar-refractivity contribution in [2.45, 2.75) is 89.2 Å². The number of carbonyl (C=O) groups excluding carboxylic acids is 1. The van der Waals surface area contributed by atoms with Crippen molar-refractivity contribution in [3.63, 3.8) is 0 Å². The van der Waals surface area contributed by atoms with Gasteiger partial charge in [-0.3, -0.25) is 4.79 Å². The van der Waals surface area contributed by atoms with Crippen molar-refractivity contribution in [3.8, 4) is 0 Å². The first-order valence-corrected chi connectivity index (χ1v) is 9.51. The quantitative estimate of drug-likeness (QED) is 0.805. The third-order valence-electron chi connectivity index (χ3n) is 5.17. The minimum absolute atomic E-state index is 0.0192. The lowest BCUT2D eigenvalue weighted by Crippen LogP contribution is -2.69. The summed E-state index contributed by atoms with van der Waals surface area (Å²) in [7, 11) is 0. The zero-order chi connectivity index (χ0) is 19.4. The van der Waals surface area contributed by atoms with Crippen molar-refractivity contribution >= 4 is 5.78 Å². The van der Waals surface area contributed by atoms with Gasteiger partial charge >= 0.3 is 0 Å². The summed E-state index contributed by atoms with van der Waals surface area (Å²) in [6.45, 7) is 9.93. The minimum Gasteiger partial charge on any atom is -0.369 e. The highest BCUT2D eigenvalue weighted by Crippen LogP contribution is 2.52. The Morgan fingerprint density at radius 1 is 1.11 bits per heavy atom. The van der Waals surface area contributed by atoms with Gasteiger partial charge in [-0.15, -0.1) is 0 Å². The number of carbonyl (C=O) groups is 1. The summed E-state index contributed by atoms with van der Waals surface area (Å²) in [4.78, 5) is 12.8. The molecule has 6 heteroatoms. The Morgan fingerprint density at radius 2 is 1.81 bits per heavy atom. The van der Waals surface area contributed by atoms with E-state index in [1.165, 1.54) is 0 Å². The van der Waals surface area contributed by atoms with Gasteiger partial charge in [-0.25, -0.2) is 0 Å². The molecule has 2 aliphatic heterocycles. The fourth-order valence-electron chi connectivity index (χ4n) is 4.10. The average Bonchev–Trinajstić information content (AvgIpc) is 3.03. The number of Topliss-reactive ketones (excluding diaryl/α,β-unsaturated/α-hetero) is 1. The molecule has 1 aliphatic carbocycles. The molecule has 1 aromatic rings. The molecule has 0 N–H and O–H groups in total. The van der Waals surface area contributed by atoms with Gasteiger partial charge in [0.2, 0.25) is 0 Å². The van der Waals surface area contributed by atoms with Crippen molar-refractivity contribution in [1.29, 1.82) is 0 Å². The number of ether oxygens (including phenoxy) is 5. The predicted octanol–water partition coefficient (Wildman–Crippen LogP) is 2.97. The number of fused-ring (bicyclic) bond motifs is 1. The number of benzene rings is 1. The number of rotatable bonds is 4. The smallest absolute Gasteiger partial charge is 0.191 e. The van der Waals surface area contributed by atoms with E-state index < -0.39 is 35.5 Å². The van der Waals surface area contributed by atoms with Crippen molar-refractivity contribution in [3.05, 3.63) is 35.9 Å². The van der Waals surface area contributed by atoms with Gasteiger partial charge < -0.3 is 23.7 Å². The predicted molar refractivity (Wildman–Crippen MR) is 96.9 cm³/mol. The van der Waals surface area contributed by atoms with Crippen LogP contribution >= 0.6 is 0 Å². The molecular weight excluding hydrogens is 348 g/mol. The lowest BCUT2D eigenvalue weighted by atomic mass is 9.71. The first kappa shape index (κ1) is 19.0. The molecule has 2 saturated heterocycles. The summed E-state index contributed by atoms with van der Waals surface area (Å²) in [6.07, 6.45) is -1.77. The van der Waals surface area contributed by atoms with E-state index in [0.29, 0.717) is 13.0 Å². The summed E-state index contributed by atoms with van der Waals surface area (Å²) < 4.78 is 30.5. The molecule has 0 radical (unpaired) electrons. The molecule has 0 amide bonds. The Balaban J connectivity index is 1.60. The summed E-state index contributed by atoms with van der Waals surface area (Å²) >= 11 is 0. The standard InChI is InChI=1S/C21H28O6/c1-19(2,3)24-15-11-14(22)21(15)17(23-12-13-9-7-6-8-10-13)16-18(27-21)26-20(4,5)25-16/h6-10,15-18H,11-12H2,1-5H3/t15?,16?,17?,18?,21-/m1/s1. The molecule has 3 fully saturated rings. The summed E-state index contributed by atoms with van der Waals surface area (Å²) in [5.74, 6) is -0.799. The molecule has 6 nitrogen and oxygen atoms in total. The molecule has 148 valence electrons. The Hall–Kier alpha value is -1.31. The Morgan fingerprint density at radius 3 is 2.44 bits per heavy atom. The van der Waals surface area contributed by atoms with Crippen molar-refractivity contribution in [2.75, 3.05) is 0 Å². The molecule has 2 heterocycles. The van der Waals surface area contributed by atoms with Gasteiger partial charge in [0.25, 0.3) is 0 Å². The van der Waals surface area contributed by atoms with Gasteiger partial charge in [-0.2, -0.15) is 0 Å². The van der Waals surface area contributed by atoms with Gasteiger partial charge in [0.15, 0.2) is 23.5 Å². The van der Waals surface area contributed by atoms with Crippen LogP contribution in [0.2, 0.25) is 0 Å². The maximum Gasteiger partial charge on any atom is 0.191 e. The second kappa shape index (κ2) is 6.36. The number of ketones is 1. The van der Waals surface area contributed by atoms with Gasteiger partial charge in [-0.1, -0.05) is 30.3 Å². The molecule has 0 aromatic heterocycles. The summed E-state index contributed by atoms with van der Waals surface area (Å²) in [5.41, 5.74) is -0.549. The maximum absolute atomic E-state index is 12.8. The third-order valence-corrected chi connectivity index (χ3v) is 5.17. The van der Waals surface area contributed by atoms with Crippen LogP contribution in [0.25, 0.3) is 0 Å². The first-order valence-electron chi connectivity index (χ1n) is 9.51. The first-order chi connectivity index (χ1) is 12.6. The fraction of sp³-hybridized carbons (Fsp3) is 0.667. The van der Waals surface area contributed by atoms with Crippen molar-refractivity contribution in [1.82, 2.24) is 0 Å². The molecule has 4 unspecified atom stereocenters. The van der Waals surface area contributed by atoms with Gasteiger partial charge in [-0.05, 0) is 40.2 Å². The number of hydrogen-bond acceptors (Lipinski definition) is 6. The van der Waals surface area contributed by atoms with Gasteiger partial charge in [0, 0.05) is 6.42 Å². The topological polar surface area (TPSA) is 63.2 Å². The second-order valence-electron chi connectivity index (χ2n) is 8.94. The van der Waals surface area contributed by atoms with Crippen LogP contribution in [-0.4, -0.2) is 47.4 Å². The maximum atomic E-state index is 12.8. The highest BCUT2D eigenvalue weighted by molar-refractivity contribution is 5.96. The van der Waals surface area contributed by atoms with E-state index in [1.807, 2.05) is 65.0 Å². The van der Waals surface area contributed by atoms with Crippen LogP contribution in [0.1, 0.15) is 46.6 Å². The van der Waals surface area contributed by atoms with E-state index in [0.717, 1.165) is 5.56 Å². The SMILES string of the molecule is CC(C)(C)OC1CC(=O)[C@@]12OC1OC(C)(C)OC1C2OCc1ccccc1. The Labute approximate surface area is 160 Å². The molecule has 0 bridgehead atoms. The Bertz CT molecular complexity index is 709. The van der Waals surface area contributed by atoms with Crippen LogP contribution in [0.4, 0.5) is 0 Å². The highest BCUT2D eigenvalue weighted by Gasteiger charge is 2.73. The van der Waals surface area contributed by atoms with Crippen LogP contribution in [-0.2, 0) is 35.1 Å². The lowest BCUT2D eigenvalue weighted by Gasteiger charge is -2.49. The largest absolute Gasteiger partial charge is 0.369 e. The van der Waals surface area contributed by atoms with E-state index >= 15 is 0 Å². The molecular formula is C21H28O6. The van der Waals surface area contributed by atoms with E-state index in [9.17, 15) is 4.79 Å². The van der Waals surface area contributed by atoms with Crippen LogP contribution in [0.3, 0.4) is 0 Å². The Kier molecular flexibility index (Phi) is 4.48. The summed E-state index contributed by atoms with van der Waals surface area (Å²) in [5, 5.41) is 0. The number of hydrogen-bond donors (Lipinski definition) is 0. The van der Waals surface area contributed by atoms with E-state index in [2.05, 4.69) is 0 Å². The van der Waals surface area contributed by atoms with E-state index in [1.54, 1.807) is 0 Å². The minimum atomic E-state index is -1.17. The lowest BCUT2D eigenvalue weighted by molar-refractivity contribution is -0.285. The van der Waals surface area contributed by atoms with E-state index in [4.69, 9.17) is 23.7 Å². The van der Waals surface area contributed by atoms with Crippen LogP contribution < -0.4 is 0 Å².